The van der Waals surface area contributed by atoms with Crippen LogP contribution in [0.4, 0.5) is 0 Å². The van der Waals surface area contributed by atoms with Gasteiger partial charge >= 0.3 is 0 Å². The van der Waals surface area contributed by atoms with Crippen molar-refractivity contribution in [2.24, 2.45) is 0 Å². The summed E-state index contributed by atoms with van der Waals surface area (Å²) >= 11 is 0. The van der Waals surface area contributed by atoms with Gasteiger partial charge in [0.05, 0.1) is 5.52 Å². The Hall–Kier alpha value is 0.0875. The van der Waals surface area contributed by atoms with E-state index >= 15 is 0 Å². The molecule has 14 heavy (non-hydrogen) atoms. The van der Waals surface area contributed by atoms with Crippen LogP contribution in [0.5, 0.6) is 0 Å². The minimum Gasteiger partial charge on any atom is -0.341 e. The van der Waals surface area contributed by atoms with E-state index in [-0.39, 0.29) is 45.0 Å². The van der Waals surface area contributed by atoms with E-state index in [4.69, 9.17) is 0 Å². The maximum Gasteiger partial charge on any atom is 0.177 e. The minimum absolute atomic E-state index is 0. The van der Waals surface area contributed by atoms with E-state index in [1.807, 2.05) is 39.8 Å². The Labute approximate surface area is 121 Å². The molecule has 0 bridgehead atoms. The summed E-state index contributed by atoms with van der Waals surface area (Å²) in [6.07, 6.45) is 0. The van der Waals surface area contributed by atoms with E-state index in [9.17, 15) is 0 Å². The smallest absolute Gasteiger partial charge is 0.177 e. The van der Waals surface area contributed by atoms with Crippen LogP contribution in [0.1, 0.15) is 25.4 Å². The monoisotopic (exact) mass is 403 g/mol. The molecule has 2 radical (unpaired) electrons. The Kier molecular flexibility index (Phi) is 6.59. The fourth-order valence-corrected chi connectivity index (χ4v) is 1.11. The maximum atomic E-state index is 4.25. The number of nitrogens with zero attached hydrogens (tertiary/aromatic N) is 2. The molecule has 0 saturated heterocycles. The molecule has 2 aromatic rings. The number of fused-ring (bicyclic) bond motifs is 1. The molecule has 4 heteroatoms. The fourth-order valence-electron chi connectivity index (χ4n) is 1.11. The molecular formula is C10H15N3Ra. The summed E-state index contributed by atoms with van der Waals surface area (Å²) in [5.41, 5.74) is 2.82. The van der Waals surface area contributed by atoms with Crippen LogP contribution in [0.2, 0.25) is 0 Å². The summed E-state index contributed by atoms with van der Waals surface area (Å²) < 4.78 is 0. The Morgan fingerprint density at radius 2 is 1.71 bits per heavy atom. The van der Waals surface area contributed by atoms with Gasteiger partial charge in [-0.1, -0.05) is 13.8 Å². The molecule has 0 amide bonds. The zero-order valence-electron chi connectivity index (χ0n) is 9.26. The van der Waals surface area contributed by atoms with Crippen LogP contribution in [0.25, 0.3) is 11.2 Å². The van der Waals surface area contributed by atoms with Crippen molar-refractivity contribution in [2.75, 3.05) is 0 Å². The Balaban J connectivity index is 0.000000531. The third-order valence-corrected chi connectivity index (χ3v) is 1.60. The summed E-state index contributed by atoms with van der Waals surface area (Å²) in [7, 11) is 0. The van der Waals surface area contributed by atoms with Crippen LogP contribution >= 0.6 is 0 Å². The van der Waals surface area contributed by atoms with Crippen molar-refractivity contribution in [1.29, 1.82) is 0 Å². The molecule has 0 aliphatic rings. The van der Waals surface area contributed by atoms with Gasteiger partial charge < -0.3 is 4.98 Å². The number of rotatable bonds is 0. The van der Waals surface area contributed by atoms with Crippen LogP contribution in [-0.2, 0) is 0 Å². The standard InChI is InChI=1S/C8H9N3.C2H6.Ra/c1-5-3-4-7-8(9-5)11-6(2)10-7;1-2;/h3-4H,1-2H3,(H,9,10,11);1-2H3;. The number of aromatic nitrogens is 3. The SMILES string of the molecule is CC.Cc1ccc2[nH]c(C)nc2n1.[Ra]. The third-order valence-electron chi connectivity index (χ3n) is 1.60. The van der Waals surface area contributed by atoms with Gasteiger partial charge in [0.2, 0.25) is 0 Å². The van der Waals surface area contributed by atoms with Crippen LogP contribution in [0.3, 0.4) is 0 Å². The Bertz CT molecular complexity index is 395. The van der Waals surface area contributed by atoms with Gasteiger partial charge in [-0.2, -0.15) is 0 Å². The predicted octanol–water partition coefficient (Wildman–Crippen LogP) is 2.60. The van der Waals surface area contributed by atoms with Crippen LogP contribution in [0.15, 0.2) is 12.1 Å². The van der Waals surface area contributed by atoms with Gasteiger partial charge in [-0.3, -0.25) is 0 Å². The minimum atomic E-state index is 0. The first-order valence-electron chi connectivity index (χ1n) is 4.56. The zero-order valence-corrected chi connectivity index (χ0v) is 15.1. The first-order chi connectivity index (χ1) is 6.25. The maximum absolute atomic E-state index is 4.25. The quantitative estimate of drug-likeness (QED) is 0.735. The van der Waals surface area contributed by atoms with Crippen molar-refractivity contribution in [3.63, 3.8) is 0 Å². The Morgan fingerprint density at radius 3 is 2.36 bits per heavy atom. The van der Waals surface area contributed by atoms with E-state index in [2.05, 4.69) is 15.0 Å². The van der Waals surface area contributed by atoms with E-state index in [0.29, 0.717) is 0 Å². The molecule has 0 aromatic carbocycles. The average molecular weight is 403 g/mol. The molecule has 3 nitrogen and oxygen atoms in total. The van der Waals surface area contributed by atoms with Crippen molar-refractivity contribution < 1.29 is 45.0 Å². The molecule has 0 unspecified atom stereocenters. The fraction of sp³-hybridized carbons (Fsp3) is 0.400. The Morgan fingerprint density at radius 1 is 1.07 bits per heavy atom. The van der Waals surface area contributed by atoms with Crippen LogP contribution in [0, 0.1) is 58.9 Å². The number of hydrogen-bond donors (Lipinski definition) is 1. The molecule has 72 valence electrons. The molecule has 1 N–H and O–H groups in total. The number of pyridine rings is 1. The molecule has 0 fully saturated rings. The first kappa shape index (κ1) is 14.1. The van der Waals surface area contributed by atoms with Crippen molar-refractivity contribution in [3.05, 3.63) is 23.7 Å². The first-order valence-corrected chi connectivity index (χ1v) is 4.56. The van der Waals surface area contributed by atoms with Gasteiger partial charge in [-0.25, -0.2) is 9.97 Å². The van der Waals surface area contributed by atoms with Gasteiger partial charge in [-0.15, -0.1) is 0 Å². The molecule has 0 atom stereocenters. The molecule has 0 aliphatic carbocycles. The summed E-state index contributed by atoms with van der Waals surface area (Å²) in [5.74, 6) is 0.915. The summed E-state index contributed by atoms with van der Waals surface area (Å²) in [5, 5.41) is 0. The molecular weight excluding hydrogens is 388 g/mol. The topological polar surface area (TPSA) is 41.6 Å². The summed E-state index contributed by atoms with van der Waals surface area (Å²) in [6, 6.07) is 3.97. The van der Waals surface area contributed by atoms with Gasteiger partial charge in [0.15, 0.2) is 5.65 Å². The normalized spacial score (nSPS) is 8.86. The molecule has 0 aliphatic heterocycles. The predicted molar refractivity (Wildman–Crippen MR) is 54.7 cm³/mol. The van der Waals surface area contributed by atoms with Crippen LogP contribution in [-0.4, -0.2) is 15.0 Å². The van der Waals surface area contributed by atoms with E-state index in [1.54, 1.807) is 0 Å². The number of hydrogen-bond acceptors (Lipinski definition) is 2. The number of imidazole rings is 1. The number of aromatic amines is 1. The van der Waals surface area contributed by atoms with Crippen molar-refractivity contribution in [1.82, 2.24) is 15.0 Å². The number of aryl methyl sites for hydroxylation is 2. The second kappa shape index (κ2) is 6.55. The second-order valence-electron chi connectivity index (χ2n) is 2.65. The van der Waals surface area contributed by atoms with Crippen molar-refractivity contribution in [2.45, 2.75) is 27.7 Å². The van der Waals surface area contributed by atoms with Gasteiger partial charge in [0.25, 0.3) is 0 Å². The molecule has 0 saturated carbocycles. The van der Waals surface area contributed by atoms with Crippen molar-refractivity contribution >= 4 is 11.2 Å². The molecule has 2 heterocycles. The third kappa shape index (κ3) is 3.34. The summed E-state index contributed by atoms with van der Waals surface area (Å²) in [6.45, 7) is 7.89. The van der Waals surface area contributed by atoms with Gasteiger partial charge in [0, 0.05) is 50.7 Å². The summed E-state index contributed by atoms with van der Waals surface area (Å²) in [4.78, 5) is 11.6. The number of H-pyrrole nitrogens is 1. The molecule has 2 aromatic heterocycles. The van der Waals surface area contributed by atoms with Crippen LogP contribution < -0.4 is 0 Å². The zero-order chi connectivity index (χ0) is 9.84. The number of nitrogens with one attached hydrogen (secondary N) is 1. The largest absolute Gasteiger partial charge is 0.341 e. The van der Waals surface area contributed by atoms with Gasteiger partial charge in [0.1, 0.15) is 5.82 Å². The van der Waals surface area contributed by atoms with E-state index in [1.165, 1.54) is 0 Å². The van der Waals surface area contributed by atoms with Gasteiger partial charge in [-0.05, 0) is 26.0 Å². The van der Waals surface area contributed by atoms with Crippen molar-refractivity contribution in [3.8, 4) is 0 Å². The second-order valence-corrected chi connectivity index (χ2v) is 2.65. The molecule has 2 rings (SSSR count). The van der Waals surface area contributed by atoms with E-state index in [0.717, 1.165) is 22.7 Å². The molecule has 0 spiro atoms. The average Bonchev–Trinajstić information content (AvgIpc) is 2.48. The van der Waals surface area contributed by atoms with E-state index < -0.39 is 0 Å².